The van der Waals surface area contributed by atoms with Gasteiger partial charge in [0.05, 0.1) is 12.2 Å². The van der Waals surface area contributed by atoms with Gasteiger partial charge in [-0.3, -0.25) is 4.98 Å². The first-order valence-electron chi connectivity index (χ1n) is 4.36. The molecule has 3 nitrogen and oxygen atoms in total. The van der Waals surface area contributed by atoms with Gasteiger partial charge in [0.1, 0.15) is 0 Å². The predicted molar refractivity (Wildman–Crippen MR) is 57.1 cm³/mol. The SMILES string of the molecule is Cc1cncn1CSc1ccncc1. The Kier molecular flexibility index (Phi) is 2.84. The normalized spacial score (nSPS) is 10.4. The van der Waals surface area contributed by atoms with Crippen LogP contribution in [-0.2, 0) is 5.88 Å². The molecule has 4 heteroatoms. The topological polar surface area (TPSA) is 30.7 Å². The van der Waals surface area contributed by atoms with E-state index in [1.54, 1.807) is 11.8 Å². The van der Waals surface area contributed by atoms with Crippen LogP contribution in [0.4, 0.5) is 0 Å². The first kappa shape index (κ1) is 9.27. The third-order valence-corrected chi connectivity index (χ3v) is 2.95. The molecule has 0 bridgehead atoms. The van der Waals surface area contributed by atoms with Gasteiger partial charge in [-0.1, -0.05) is 0 Å². The number of aromatic nitrogens is 3. The quantitative estimate of drug-likeness (QED) is 0.720. The lowest BCUT2D eigenvalue weighted by molar-refractivity contribution is 0.852. The van der Waals surface area contributed by atoms with E-state index in [0.717, 1.165) is 5.88 Å². The van der Waals surface area contributed by atoms with Gasteiger partial charge < -0.3 is 4.57 Å². The number of imidazole rings is 1. The van der Waals surface area contributed by atoms with Crippen molar-refractivity contribution in [1.29, 1.82) is 0 Å². The first-order chi connectivity index (χ1) is 6.86. The van der Waals surface area contributed by atoms with Crippen LogP contribution in [-0.4, -0.2) is 14.5 Å². The molecular formula is C10H11N3S. The maximum Gasteiger partial charge on any atom is 0.0955 e. The van der Waals surface area contributed by atoms with E-state index in [9.17, 15) is 0 Å². The standard InChI is InChI=1S/C10H11N3S/c1-9-6-12-7-13(9)8-14-10-2-4-11-5-3-10/h2-7H,8H2,1H3. The number of rotatable bonds is 3. The molecule has 0 aromatic carbocycles. The van der Waals surface area contributed by atoms with Crippen LogP contribution in [0.15, 0.2) is 41.9 Å². The minimum atomic E-state index is 0.899. The van der Waals surface area contributed by atoms with Gasteiger partial charge in [0.25, 0.3) is 0 Å². The molecule has 2 aromatic heterocycles. The molecule has 0 saturated carbocycles. The molecule has 0 fully saturated rings. The number of pyridine rings is 1. The minimum absolute atomic E-state index is 0.899. The Hall–Kier alpha value is -1.29. The molecule has 2 heterocycles. The van der Waals surface area contributed by atoms with Crippen molar-refractivity contribution in [2.75, 3.05) is 0 Å². The molecule has 0 N–H and O–H groups in total. The zero-order valence-electron chi connectivity index (χ0n) is 7.92. The Morgan fingerprint density at radius 3 is 2.71 bits per heavy atom. The van der Waals surface area contributed by atoms with Gasteiger partial charge in [-0.05, 0) is 19.1 Å². The van der Waals surface area contributed by atoms with E-state index in [1.807, 2.05) is 37.1 Å². The Morgan fingerprint density at radius 2 is 2.07 bits per heavy atom. The van der Waals surface area contributed by atoms with E-state index < -0.39 is 0 Å². The molecule has 0 saturated heterocycles. The van der Waals surface area contributed by atoms with E-state index in [1.165, 1.54) is 10.6 Å². The highest BCUT2D eigenvalue weighted by atomic mass is 32.2. The molecule has 0 aliphatic carbocycles. The molecule has 0 atom stereocenters. The summed E-state index contributed by atoms with van der Waals surface area (Å²) in [7, 11) is 0. The zero-order valence-corrected chi connectivity index (χ0v) is 8.74. The Labute approximate surface area is 87.2 Å². The minimum Gasteiger partial charge on any atom is -0.325 e. The fourth-order valence-electron chi connectivity index (χ4n) is 1.10. The summed E-state index contributed by atoms with van der Waals surface area (Å²) in [5.74, 6) is 0.899. The number of thioether (sulfide) groups is 1. The van der Waals surface area contributed by atoms with Crippen LogP contribution in [0.25, 0.3) is 0 Å². The number of hydrogen-bond acceptors (Lipinski definition) is 3. The Bertz CT molecular complexity index is 397. The van der Waals surface area contributed by atoms with Gasteiger partial charge >= 0.3 is 0 Å². The highest BCUT2D eigenvalue weighted by molar-refractivity contribution is 7.98. The van der Waals surface area contributed by atoms with E-state index in [0.29, 0.717) is 0 Å². The van der Waals surface area contributed by atoms with Crippen LogP contribution in [0.5, 0.6) is 0 Å². The van der Waals surface area contributed by atoms with Crippen molar-refractivity contribution < 1.29 is 0 Å². The number of nitrogens with zero attached hydrogens (tertiary/aromatic N) is 3. The summed E-state index contributed by atoms with van der Waals surface area (Å²) in [5.41, 5.74) is 1.19. The molecule has 0 radical (unpaired) electrons. The highest BCUT2D eigenvalue weighted by Crippen LogP contribution is 2.18. The van der Waals surface area contributed by atoms with Gasteiger partial charge in [-0.25, -0.2) is 4.98 Å². The van der Waals surface area contributed by atoms with Crippen LogP contribution in [0.2, 0.25) is 0 Å². The number of aryl methyl sites for hydroxylation is 1. The van der Waals surface area contributed by atoms with Crippen LogP contribution in [0.3, 0.4) is 0 Å². The average molecular weight is 205 g/mol. The van der Waals surface area contributed by atoms with Crippen molar-refractivity contribution in [2.24, 2.45) is 0 Å². The van der Waals surface area contributed by atoms with Gasteiger partial charge in [0, 0.05) is 29.2 Å². The second kappa shape index (κ2) is 4.28. The molecule has 2 aromatic rings. The molecule has 72 valence electrons. The summed E-state index contributed by atoms with van der Waals surface area (Å²) >= 11 is 1.78. The van der Waals surface area contributed by atoms with Gasteiger partial charge in [0.15, 0.2) is 0 Å². The molecule has 0 amide bonds. The monoisotopic (exact) mass is 205 g/mol. The second-order valence-electron chi connectivity index (χ2n) is 2.96. The molecular weight excluding hydrogens is 194 g/mol. The van der Waals surface area contributed by atoms with Crippen molar-refractivity contribution in [2.45, 2.75) is 17.7 Å². The summed E-state index contributed by atoms with van der Waals surface area (Å²) in [6.07, 6.45) is 7.34. The summed E-state index contributed by atoms with van der Waals surface area (Å²) in [4.78, 5) is 9.28. The van der Waals surface area contributed by atoms with Crippen molar-refractivity contribution >= 4 is 11.8 Å². The summed E-state index contributed by atoms with van der Waals surface area (Å²) in [6.45, 7) is 2.06. The molecule has 0 spiro atoms. The third-order valence-electron chi connectivity index (χ3n) is 1.94. The molecule has 14 heavy (non-hydrogen) atoms. The van der Waals surface area contributed by atoms with Gasteiger partial charge in [0.2, 0.25) is 0 Å². The highest BCUT2D eigenvalue weighted by Gasteiger charge is 1.97. The predicted octanol–water partition coefficient (Wildman–Crippen LogP) is 2.34. The van der Waals surface area contributed by atoms with Crippen LogP contribution < -0.4 is 0 Å². The smallest absolute Gasteiger partial charge is 0.0955 e. The summed E-state index contributed by atoms with van der Waals surface area (Å²) in [5, 5.41) is 0. The van der Waals surface area contributed by atoms with Crippen molar-refractivity contribution in [3.8, 4) is 0 Å². The zero-order chi connectivity index (χ0) is 9.80. The van der Waals surface area contributed by atoms with E-state index >= 15 is 0 Å². The fraction of sp³-hybridized carbons (Fsp3) is 0.200. The summed E-state index contributed by atoms with van der Waals surface area (Å²) in [6, 6.07) is 4.02. The number of hydrogen-bond donors (Lipinski definition) is 0. The van der Waals surface area contributed by atoms with Crippen LogP contribution in [0, 0.1) is 6.92 Å². The van der Waals surface area contributed by atoms with Crippen molar-refractivity contribution in [1.82, 2.24) is 14.5 Å². The van der Waals surface area contributed by atoms with Crippen molar-refractivity contribution in [3.63, 3.8) is 0 Å². The lowest BCUT2D eigenvalue weighted by atomic mass is 10.5. The lowest BCUT2D eigenvalue weighted by Gasteiger charge is -2.03. The molecule has 2 rings (SSSR count). The largest absolute Gasteiger partial charge is 0.325 e. The van der Waals surface area contributed by atoms with Crippen LogP contribution >= 0.6 is 11.8 Å². The van der Waals surface area contributed by atoms with E-state index in [-0.39, 0.29) is 0 Å². The van der Waals surface area contributed by atoms with E-state index in [2.05, 4.69) is 21.5 Å². The summed E-state index contributed by atoms with van der Waals surface area (Å²) < 4.78 is 2.12. The second-order valence-corrected chi connectivity index (χ2v) is 3.98. The van der Waals surface area contributed by atoms with E-state index in [4.69, 9.17) is 0 Å². The first-order valence-corrected chi connectivity index (χ1v) is 5.34. The van der Waals surface area contributed by atoms with Crippen LogP contribution in [0.1, 0.15) is 5.69 Å². The molecule has 0 unspecified atom stereocenters. The van der Waals surface area contributed by atoms with Gasteiger partial charge in [-0.15, -0.1) is 11.8 Å². The maximum atomic E-state index is 4.07. The molecule has 0 aliphatic heterocycles. The van der Waals surface area contributed by atoms with Crippen molar-refractivity contribution in [3.05, 3.63) is 42.7 Å². The third kappa shape index (κ3) is 2.14. The molecule has 0 aliphatic rings. The van der Waals surface area contributed by atoms with Gasteiger partial charge in [-0.2, -0.15) is 0 Å². The fourth-order valence-corrected chi connectivity index (χ4v) is 1.97. The lowest BCUT2D eigenvalue weighted by Crippen LogP contribution is -1.94. The Morgan fingerprint density at radius 1 is 1.29 bits per heavy atom. The Balaban J connectivity index is 1.99. The maximum absolute atomic E-state index is 4.07. The average Bonchev–Trinajstić information content (AvgIpc) is 2.63.